The Hall–Kier alpha value is -0.0800. The standard InChI is InChI=1S/C26H54NO/c1-3-4-5-6-7-8-9-10-11-12-13-14-15-16-17-20-25-28-26-21-24-27(2)22-18-19-23-27/h3-26H2,1-2H3/q+1. The third kappa shape index (κ3) is 15.8. The average molecular weight is 397 g/mol. The maximum absolute atomic E-state index is 5.85. The smallest absolute Gasteiger partial charge is 0.0806 e. The Kier molecular flexibility index (Phi) is 17.5. The second-order valence-corrected chi connectivity index (χ2v) is 9.77. The van der Waals surface area contributed by atoms with Gasteiger partial charge < -0.3 is 9.22 Å². The van der Waals surface area contributed by atoms with Crippen molar-refractivity contribution in [3.63, 3.8) is 0 Å². The monoisotopic (exact) mass is 396 g/mol. The van der Waals surface area contributed by atoms with Gasteiger partial charge >= 0.3 is 0 Å². The predicted octanol–water partition coefficient (Wildman–Crippen LogP) is 7.90. The highest BCUT2D eigenvalue weighted by Gasteiger charge is 2.25. The normalized spacial score (nSPS) is 16.1. The molecule has 0 saturated carbocycles. The van der Waals surface area contributed by atoms with Gasteiger partial charge in [-0.05, 0) is 6.42 Å². The summed E-state index contributed by atoms with van der Waals surface area (Å²) in [7, 11) is 2.42. The predicted molar refractivity (Wildman–Crippen MR) is 125 cm³/mol. The van der Waals surface area contributed by atoms with Crippen LogP contribution < -0.4 is 0 Å². The summed E-state index contributed by atoms with van der Waals surface area (Å²) in [6.07, 6.45) is 27.1. The summed E-state index contributed by atoms with van der Waals surface area (Å²) in [4.78, 5) is 0. The maximum Gasteiger partial charge on any atom is 0.0806 e. The molecule has 1 heterocycles. The van der Waals surface area contributed by atoms with Crippen molar-refractivity contribution in [3.05, 3.63) is 0 Å². The summed E-state index contributed by atoms with van der Waals surface area (Å²) in [6.45, 7) is 8.36. The molecule has 1 rings (SSSR count). The molecule has 2 nitrogen and oxygen atoms in total. The molecule has 1 fully saturated rings. The molecule has 0 aliphatic carbocycles. The zero-order valence-corrected chi connectivity index (χ0v) is 19.8. The van der Waals surface area contributed by atoms with Crippen molar-refractivity contribution in [2.75, 3.05) is 39.9 Å². The molecule has 1 aliphatic rings. The lowest BCUT2D eigenvalue weighted by Crippen LogP contribution is -2.41. The quantitative estimate of drug-likeness (QED) is 0.141. The van der Waals surface area contributed by atoms with Gasteiger partial charge in [-0.3, -0.25) is 0 Å². The first-order valence-corrected chi connectivity index (χ1v) is 13.2. The van der Waals surface area contributed by atoms with Gasteiger partial charge in [-0.2, -0.15) is 0 Å². The topological polar surface area (TPSA) is 9.23 Å². The fraction of sp³-hybridized carbons (Fsp3) is 1.00. The molecule has 0 aromatic carbocycles. The van der Waals surface area contributed by atoms with E-state index >= 15 is 0 Å². The Bertz CT molecular complexity index is 312. The van der Waals surface area contributed by atoms with Crippen LogP contribution in [0.25, 0.3) is 0 Å². The van der Waals surface area contributed by atoms with Crippen LogP contribution in [0.2, 0.25) is 0 Å². The molecule has 168 valence electrons. The van der Waals surface area contributed by atoms with E-state index < -0.39 is 0 Å². The van der Waals surface area contributed by atoms with E-state index in [9.17, 15) is 0 Å². The molecule has 0 atom stereocenters. The molecule has 1 saturated heterocycles. The summed E-state index contributed by atoms with van der Waals surface area (Å²) in [6, 6.07) is 0. The van der Waals surface area contributed by atoms with E-state index in [0.717, 1.165) is 13.2 Å². The molecule has 28 heavy (non-hydrogen) atoms. The number of nitrogens with zero attached hydrogens (tertiary/aromatic N) is 1. The van der Waals surface area contributed by atoms with Crippen LogP contribution in [-0.4, -0.2) is 44.4 Å². The van der Waals surface area contributed by atoms with Crippen molar-refractivity contribution in [1.82, 2.24) is 0 Å². The van der Waals surface area contributed by atoms with Gasteiger partial charge in [0.25, 0.3) is 0 Å². The average Bonchev–Trinajstić information content (AvgIpc) is 3.13. The second kappa shape index (κ2) is 18.9. The van der Waals surface area contributed by atoms with Crippen molar-refractivity contribution in [3.8, 4) is 0 Å². The van der Waals surface area contributed by atoms with Gasteiger partial charge in [-0.1, -0.05) is 103 Å². The molecule has 0 radical (unpaired) electrons. The van der Waals surface area contributed by atoms with Crippen molar-refractivity contribution in [2.24, 2.45) is 0 Å². The van der Waals surface area contributed by atoms with Gasteiger partial charge in [-0.15, -0.1) is 0 Å². The zero-order valence-electron chi connectivity index (χ0n) is 19.8. The number of unbranched alkanes of at least 4 members (excludes halogenated alkanes) is 15. The number of rotatable bonds is 21. The molecule has 1 aliphatic heterocycles. The summed E-state index contributed by atoms with van der Waals surface area (Å²) >= 11 is 0. The van der Waals surface area contributed by atoms with Crippen LogP contribution in [0.4, 0.5) is 0 Å². The summed E-state index contributed by atoms with van der Waals surface area (Å²) in [5.74, 6) is 0. The first-order chi connectivity index (χ1) is 13.8. The number of quaternary nitrogens is 1. The van der Waals surface area contributed by atoms with Gasteiger partial charge in [0.05, 0.1) is 33.3 Å². The third-order valence-electron chi connectivity index (χ3n) is 6.77. The molecule has 2 heteroatoms. The lowest BCUT2D eigenvalue weighted by molar-refractivity contribution is -0.897. The molecule has 0 bridgehead atoms. The number of hydrogen-bond donors (Lipinski definition) is 0. The van der Waals surface area contributed by atoms with E-state index in [1.165, 1.54) is 146 Å². The Morgan fingerprint density at radius 1 is 0.536 bits per heavy atom. The van der Waals surface area contributed by atoms with Crippen LogP contribution >= 0.6 is 0 Å². The zero-order chi connectivity index (χ0) is 20.2. The Morgan fingerprint density at radius 3 is 1.39 bits per heavy atom. The molecule has 0 aromatic rings. The molecular weight excluding hydrogens is 342 g/mol. The molecular formula is C26H54NO+. The van der Waals surface area contributed by atoms with Crippen LogP contribution in [0.3, 0.4) is 0 Å². The second-order valence-electron chi connectivity index (χ2n) is 9.77. The minimum atomic E-state index is 0.979. The van der Waals surface area contributed by atoms with Crippen molar-refractivity contribution >= 4 is 0 Å². The van der Waals surface area contributed by atoms with E-state index in [0.29, 0.717) is 0 Å². The highest BCUT2D eigenvalue weighted by atomic mass is 16.5. The number of hydrogen-bond acceptors (Lipinski definition) is 1. The van der Waals surface area contributed by atoms with Gasteiger partial charge in [-0.25, -0.2) is 0 Å². The Balaban J connectivity index is 1.66. The highest BCUT2D eigenvalue weighted by molar-refractivity contribution is 4.52. The van der Waals surface area contributed by atoms with Crippen molar-refractivity contribution in [2.45, 2.75) is 129 Å². The maximum atomic E-state index is 5.85. The lowest BCUT2D eigenvalue weighted by atomic mass is 10.0. The minimum absolute atomic E-state index is 0.979. The third-order valence-corrected chi connectivity index (χ3v) is 6.77. The van der Waals surface area contributed by atoms with E-state index in [2.05, 4.69) is 14.0 Å². The SMILES string of the molecule is CCCCCCCCCCCCCCCCCCOCCC[N+]1(C)CCCC1. The summed E-state index contributed by atoms with van der Waals surface area (Å²) in [5, 5.41) is 0. The van der Waals surface area contributed by atoms with Gasteiger partial charge in [0.2, 0.25) is 0 Å². The first kappa shape index (κ1) is 26.0. The van der Waals surface area contributed by atoms with Crippen LogP contribution in [0, 0.1) is 0 Å². The molecule has 0 spiro atoms. The van der Waals surface area contributed by atoms with E-state index in [1.54, 1.807) is 0 Å². The fourth-order valence-corrected chi connectivity index (χ4v) is 4.73. The van der Waals surface area contributed by atoms with Crippen LogP contribution in [0.1, 0.15) is 129 Å². The minimum Gasteiger partial charge on any atom is -0.381 e. The molecule has 0 amide bonds. The fourth-order valence-electron chi connectivity index (χ4n) is 4.73. The van der Waals surface area contributed by atoms with E-state index in [-0.39, 0.29) is 0 Å². The largest absolute Gasteiger partial charge is 0.381 e. The Morgan fingerprint density at radius 2 is 0.929 bits per heavy atom. The molecule has 0 unspecified atom stereocenters. The van der Waals surface area contributed by atoms with Crippen molar-refractivity contribution < 1.29 is 9.22 Å². The van der Waals surface area contributed by atoms with Crippen molar-refractivity contribution in [1.29, 1.82) is 0 Å². The summed E-state index contributed by atoms with van der Waals surface area (Å²) in [5.41, 5.74) is 0. The summed E-state index contributed by atoms with van der Waals surface area (Å²) < 4.78 is 7.14. The van der Waals surface area contributed by atoms with Crippen LogP contribution in [0.5, 0.6) is 0 Å². The van der Waals surface area contributed by atoms with Gasteiger partial charge in [0, 0.05) is 25.9 Å². The van der Waals surface area contributed by atoms with E-state index in [1.807, 2.05) is 0 Å². The van der Waals surface area contributed by atoms with E-state index in [4.69, 9.17) is 4.74 Å². The highest BCUT2D eigenvalue weighted by Crippen LogP contribution is 2.17. The van der Waals surface area contributed by atoms with Crippen LogP contribution in [-0.2, 0) is 4.74 Å². The first-order valence-electron chi connectivity index (χ1n) is 13.2. The molecule has 0 aromatic heterocycles. The number of ether oxygens (including phenoxy) is 1. The number of likely N-dealkylation sites (tertiary alicyclic amines) is 1. The van der Waals surface area contributed by atoms with Gasteiger partial charge in [0.1, 0.15) is 0 Å². The lowest BCUT2D eigenvalue weighted by Gasteiger charge is -2.29. The molecule has 0 N–H and O–H groups in total. The van der Waals surface area contributed by atoms with Gasteiger partial charge in [0.15, 0.2) is 0 Å². The van der Waals surface area contributed by atoms with Crippen LogP contribution in [0.15, 0.2) is 0 Å². The Labute approximate surface area is 178 Å².